The molecule has 1 aliphatic heterocycles. The molecule has 1 fully saturated rings. The first-order valence-electron chi connectivity index (χ1n) is 4.60. The van der Waals surface area contributed by atoms with E-state index in [4.69, 9.17) is 13.0 Å². The van der Waals surface area contributed by atoms with Crippen LogP contribution in [0.15, 0.2) is 0 Å². The predicted octanol–water partition coefficient (Wildman–Crippen LogP) is -0.849. The summed E-state index contributed by atoms with van der Waals surface area (Å²) in [4.78, 5) is 0. The molecule has 1 aliphatic rings. The number of hydrogen-bond acceptors (Lipinski definition) is 3. The minimum absolute atomic E-state index is 0.251. The summed E-state index contributed by atoms with van der Waals surface area (Å²) in [5.74, 6) is 0. The van der Waals surface area contributed by atoms with Crippen LogP contribution in [0.2, 0.25) is 6.04 Å². The van der Waals surface area contributed by atoms with E-state index in [2.05, 4.69) is 13.8 Å². The van der Waals surface area contributed by atoms with Crippen molar-refractivity contribution in [3.8, 4) is 0 Å². The Labute approximate surface area is 80.3 Å². The first kappa shape index (κ1) is 10.6. The normalized spacial score (nSPS) is 27.8. The monoisotopic (exact) mass is 222 g/mol. The Bertz CT molecular complexity index is 117. The van der Waals surface area contributed by atoms with Gasteiger partial charge in [0.05, 0.1) is 0 Å². The Morgan fingerprint density at radius 2 is 2.42 bits per heavy atom. The number of rotatable bonds is 4. The summed E-state index contributed by atoms with van der Waals surface area (Å²) in [6.07, 6.45) is 1.57. The highest BCUT2D eigenvalue weighted by atomic mass is 29.2. The molecular weight excluding hydrogens is 204 g/mol. The highest BCUT2D eigenvalue weighted by molar-refractivity contribution is 7.07. The summed E-state index contributed by atoms with van der Waals surface area (Å²) in [6.45, 7) is 5.12. The summed E-state index contributed by atoms with van der Waals surface area (Å²) in [5.41, 5.74) is 0. The molecule has 0 aliphatic carbocycles. The second-order valence-electron chi connectivity index (χ2n) is 3.34. The molecule has 72 valence electrons. The summed E-state index contributed by atoms with van der Waals surface area (Å²) in [7, 11) is -1.75. The molecule has 0 saturated carbocycles. The third-order valence-corrected chi connectivity index (χ3v) is 12.2. The van der Waals surface area contributed by atoms with E-state index >= 15 is 0 Å². The number of hydrogen-bond donors (Lipinski definition) is 0. The second kappa shape index (κ2) is 6.06. The average Bonchev–Trinajstić information content (AvgIpc) is 2.05. The van der Waals surface area contributed by atoms with Gasteiger partial charge in [-0.1, -0.05) is 0 Å². The van der Waals surface area contributed by atoms with Gasteiger partial charge in [0, 0.05) is 12.7 Å². The molecule has 0 radical (unpaired) electrons. The second-order valence-corrected chi connectivity index (χ2v) is 11.5. The van der Waals surface area contributed by atoms with Gasteiger partial charge in [-0.25, -0.2) is 0 Å². The fourth-order valence-electron chi connectivity index (χ4n) is 1.11. The summed E-state index contributed by atoms with van der Waals surface area (Å²) >= 11 is 0. The van der Waals surface area contributed by atoms with Crippen LogP contribution in [0.5, 0.6) is 0 Å². The molecular formula is C6H18O3Si3. The molecule has 0 amide bonds. The van der Waals surface area contributed by atoms with E-state index in [1.807, 2.05) is 0 Å². The summed E-state index contributed by atoms with van der Waals surface area (Å²) in [5, 5.41) is 0. The highest BCUT2D eigenvalue weighted by Crippen LogP contribution is 2.05. The van der Waals surface area contributed by atoms with E-state index in [1.165, 1.54) is 12.5 Å². The van der Waals surface area contributed by atoms with E-state index in [1.54, 1.807) is 0 Å². The van der Waals surface area contributed by atoms with Crippen LogP contribution in [-0.2, 0) is 13.0 Å². The summed E-state index contributed by atoms with van der Waals surface area (Å²) in [6, 6.07) is 1.33. The van der Waals surface area contributed by atoms with Crippen molar-refractivity contribution in [1.82, 2.24) is 0 Å². The molecule has 12 heavy (non-hydrogen) atoms. The van der Waals surface area contributed by atoms with E-state index < -0.39 is 18.6 Å². The average molecular weight is 222 g/mol. The van der Waals surface area contributed by atoms with Crippen molar-refractivity contribution in [2.24, 2.45) is 0 Å². The van der Waals surface area contributed by atoms with Crippen molar-refractivity contribution >= 4 is 27.8 Å². The minimum atomic E-state index is -0.832. The molecule has 1 saturated heterocycles. The molecule has 3 nitrogen and oxygen atoms in total. The van der Waals surface area contributed by atoms with Crippen molar-refractivity contribution < 1.29 is 13.0 Å². The van der Waals surface area contributed by atoms with Gasteiger partial charge >= 0.3 is 0 Å². The van der Waals surface area contributed by atoms with Crippen molar-refractivity contribution in [2.45, 2.75) is 32.4 Å². The molecule has 1 rings (SSSR count). The Kier molecular flexibility index (Phi) is 5.35. The van der Waals surface area contributed by atoms with Crippen molar-refractivity contribution in [2.75, 3.05) is 6.61 Å². The Hall–Kier alpha value is 0.531. The molecule has 1 atom stereocenters. The summed E-state index contributed by atoms with van der Waals surface area (Å²) < 4.78 is 16.7. The smallest absolute Gasteiger partial charge is 0.294 e. The third-order valence-electron chi connectivity index (χ3n) is 1.82. The van der Waals surface area contributed by atoms with Crippen LogP contribution in [0, 0.1) is 0 Å². The van der Waals surface area contributed by atoms with Crippen LogP contribution in [0.3, 0.4) is 0 Å². The van der Waals surface area contributed by atoms with Crippen molar-refractivity contribution in [3.63, 3.8) is 0 Å². The van der Waals surface area contributed by atoms with E-state index in [0.717, 1.165) is 6.61 Å². The van der Waals surface area contributed by atoms with Gasteiger partial charge in [-0.05, 0) is 26.3 Å². The minimum Gasteiger partial charge on any atom is -0.443 e. The van der Waals surface area contributed by atoms with Gasteiger partial charge < -0.3 is 13.0 Å². The molecule has 1 unspecified atom stereocenters. The molecule has 6 heteroatoms. The lowest BCUT2D eigenvalue weighted by Gasteiger charge is -2.21. The first-order valence-corrected chi connectivity index (χ1v) is 10.9. The van der Waals surface area contributed by atoms with E-state index in [9.17, 15) is 0 Å². The van der Waals surface area contributed by atoms with Crippen LogP contribution in [0.4, 0.5) is 0 Å². The molecule has 0 aromatic carbocycles. The first-order chi connectivity index (χ1) is 5.79. The zero-order chi connectivity index (χ0) is 8.81. The van der Waals surface area contributed by atoms with Gasteiger partial charge in [0.1, 0.15) is 0 Å². The fourth-order valence-corrected chi connectivity index (χ4v) is 9.33. The van der Waals surface area contributed by atoms with E-state index in [0.29, 0.717) is 6.10 Å². The Morgan fingerprint density at radius 1 is 1.58 bits per heavy atom. The van der Waals surface area contributed by atoms with Gasteiger partial charge in [-0.3, -0.25) is 0 Å². The largest absolute Gasteiger partial charge is 0.443 e. The standard InChI is InChI=1S/C6H18O3Si3/c1-6(2)8-10-9-12-5-3-4-7-11-12/h6,12H,3-5,10-11H2,1-2H3. The van der Waals surface area contributed by atoms with Crippen LogP contribution >= 0.6 is 0 Å². The maximum Gasteiger partial charge on any atom is 0.294 e. The van der Waals surface area contributed by atoms with Crippen LogP contribution in [-0.4, -0.2) is 40.6 Å². The van der Waals surface area contributed by atoms with Gasteiger partial charge in [0.15, 0.2) is 17.8 Å². The van der Waals surface area contributed by atoms with Gasteiger partial charge in [0.2, 0.25) is 0 Å². The lowest BCUT2D eigenvalue weighted by Crippen LogP contribution is -2.35. The maximum atomic E-state index is 5.79. The molecule has 0 bridgehead atoms. The zero-order valence-electron chi connectivity index (χ0n) is 7.91. The predicted molar refractivity (Wildman–Crippen MR) is 56.9 cm³/mol. The molecule has 0 N–H and O–H groups in total. The van der Waals surface area contributed by atoms with Crippen LogP contribution in [0.25, 0.3) is 0 Å². The van der Waals surface area contributed by atoms with Gasteiger partial charge in [-0.2, -0.15) is 0 Å². The maximum absolute atomic E-state index is 5.79. The van der Waals surface area contributed by atoms with Gasteiger partial charge in [-0.15, -0.1) is 0 Å². The lowest BCUT2D eigenvalue weighted by atomic mass is 10.5. The zero-order valence-corrected chi connectivity index (χ0v) is 11.9. The molecule has 1 heterocycles. The van der Waals surface area contributed by atoms with E-state index in [-0.39, 0.29) is 9.28 Å². The highest BCUT2D eigenvalue weighted by Gasteiger charge is 2.17. The topological polar surface area (TPSA) is 27.7 Å². The quantitative estimate of drug-likeness (QED) is 0.580. The van der Waals surface area contributed by atoms with Crippen LogP contribution in [0.1, 0.15) is 20.3 Å². The third kappa shape index (κ3) is 4.53. The van der Waals surface area contributed by atoms with Crippen LogP contribution < -0.4 is 0 Å². The molecule has 0 aromatic rings. The Morgan fingerprint density at radius 3 is 3.00 bits per heavy atom. The van der Waals surface area contributed by atoms with Crippen molar-refractivity contribution in [1.29, 1.82) is 0 Å². The molecule has 0 spiro atoms. The van der Waals surface area contributed by atoms with Gasteiger partial charge in [0.25, 0.3) is 10.0 Å². The molecule has 0 aromatic heterocycles. The Balaban J connectivity index is 1.98. The lowest BCUT2D eigenvalue weighted by molar-refractivity contribution is 0.222. The fraction of sp³-hybridized carbons (Fsp3) is 1.00. The SMILES string of the molecule is CC(C)O[SiH2]O[SiH]1CCCO[SiH2]1. The van der Waals surface area contributed by atoms with Crippen molar-refractivity contribution in [3.05, 3.63) is 0 Å².